The minimum Gasteiger partial charge on any atom is -0.369 e. The smallest absolute Gasteiger partial charge is 0.255 e. The Hall–Kier alpha value is -1.41. The monoisotopic (exact) mass is 289 g/mol. The third-order valence-electron chi connectivity index (χ3n) is 2.37. The fourth-order valence-electron chi connectivity index (χ4n) is 1.46. The first-order valence-electron chi connectivity index (χ1n) is 5.16. The van der Waals surface area contributed by atoms with E-state index in [0.717, 1.165) is 0 Å². The maximum absolute atomic E-state index is 11.1. The molecule has 0 fully saturated rings. The van der Waals surface area contributed by atoms with Crippen molar-refractivity contribution < 1.29 is 8.42 Å². The highest BCUT2D eigenvalue weighted by molar-refractivity contribution is 7.90. The van der Waals surface area contributed by atoms with Gasteiger partial charge in [-0.15, -0.1) is 0 Å². The number of rotatable bonds is 4. The summed E-state index contributed by atoms with van der Waals surface area (Å²) in [4.78, 5) is 7.99. The number of nitrogens with zero attached hydrogens (tertiary/aromatic N) is 4. The Morgan fingerprint density at radius 2 is 2.22 bits per heavy atom. The van der Waals surface area contributed by atoms with E-state index in [-0.39, 0.29) is 12.3 Å². The van der Waals surface area contributed by atoms with Crippen LogP contribution in [-0.2, 0) is 9.84 Å². The van der Waals surface area contributed by atoms with E-state index in [1.807, 2.05) is 0 Å². The van der Waals surface area contributed by atoms with Crippen molar-refractivity contribution in [1.82, 2.24) is 19.6 Å². The largest absolute Gasteiger partial charge is 0.369 e. The second-order valence-electron chi connectivity index (χ2n) is 3.90. The first-order chi connectivity index (χ1) is 8.38. The zero-order valence-corrected chi connectivity index (χ0v) is 11.5. The van der Waals surface area contributed by atoms with Crippen LogP contribution in [0.1, 0.15) is 5.56 Å². The van der Waals surface area contributed by atoms with Gasteiger partial charge in [0, 0.05) is 18.4 Å². The quantitative estimate of drug-likeness (QED) is 0.827. The lowest BCUT2D eigenvalue weighted by atomic mass is 10.3. The number of fused-ring (bicyclic) bond motifs is 1. The molecule has 9 heteroatoms. The molecule has 2 rings (SSSR count). The van der Waals surface area contributed by atoms with Crippen molar-refractivity contribution in [3.8, 4) is 0 Å². The Kier molecular flexibility index (Phi) is 3.40. The SMILES string of the molecule is Cc1c(Cl)nc2ncnn2c1NCCS(C)(=O)=O. The Labute approximate surface area is 109 Å². The van der Waals surface area contributed by atoms with Crippen molar-refractivity contribution >= 4 is 33.0 Å². The van der Waals surface area contributed by atoms with Crippen molar-refractivity contribution in [2.75, 3.05) is 23.9 Å². The van der Waals surface area contributed by atoms with Crippen LogP contribution < -0.4 is 5.32 Å². The summed E-state index contributed by atoms with van der Waals surface area (Å²) in [7, 11) is -3.01. The van der Waals surface area contributed by atoms with Crippen molar-refractivity contribution in [3.05, 3.63) is 17.0 Å². The molecule has 2 heterocycles. The number of anilines is 1. The standard InChI is InChI=1S/C9H12ClN5O2S/c1-6-7(10)14-9-12-5-13-15(9)8(6)11-3-4-18(2,16)17/h5,11H,3-4H2,1-2H3. The molecule has 0 bridgehead atoms. The molecule has 7 nitrogen and oxygen atoms in total. The molecule has 0 amide bonds. The summed E-state index contributed by atoms with van der Waals surface area (Å²) in [6.07, 6.45) is 2.55. The molecule has 2 aromatic rings. The van der Waals surface area contributed by atoms with Gasteiger partial charge in [0.15, 0.2) is 0 Å². The number of hydrogen-bond donors (Lipinski definition) is 1. The van der Waals surface area contributed by atoms with Gasteiger partial charge in [0.25, 0.3) is 5.78 Å². The molecular formula is C9H12ClN5O2S. The van der Waals surface area contributed by atoms with Crippen LogP contribution >= 0.6 is 11.6 Å². The Bertz CT molecular complexity index is 682. The number of halogens is 1. The van der Waals surface area contributed by atoms with Crippen molar-refractivity contribution in [3.63, 3.8) is 0 Å². The molecule has 1 N–H and O–H groups in total. The molecule has 0 saturated carbocycles. The van der Waals surface area contributed by atoms with Gasteiger partial charge in [-0.05, 0) is 6.92 Å². The zero-order valence-electron chi connectivity index (χ0n) is 9.88. The van der Waals surface area contributed by atoms with E-state index in [9.17, 15) is 8.42 Å². The van der Waals surface area contributed by atoms with E-state index in [2.05, 4.69) is 20.4 Å². The highest BCUT2D eigenvalue weighted by Gasteiger charge is 2.12. The van der Waals surface area contributed by atoms with E-state index in [4.69, 9.17) is 11.6 Å². The summed E-state index contributed by atoms with van der Waals surface area (Å²) in [5.74, 6) is 1.00. The van der Waals surface area contributed by atoms with Gasteiger partial charge in [0.05, 0.1) is 5.75 Å². The van der Waals surface area contributed by atoms with Crippen molar-refractivity contribution in [2.24, 2.45) is 0 Å². The average Bonchev–Trinajstić information content (AvgIpc) is 2.69. The Balaban J connectivity index is 2.31. The first kappa shape index (κ1) is 13.0. The predicted octanol–water partition coefficient (Wildman–Crippen LogP) is 0.543. The molecule has 0 aliphatic rings. The normalized spacial score (nSPS) is 11.9. The van der Waals surface area contributed by atoms with Gasteiger partial charge < -0.3 is 5.32 Å². The van der Waals surface area contributed by atoms with Crippen molar-refractivity contribution in [2.45, 2.75) is 6.92 Å². The molecule has 18 heavy (non-hydrogen) atoms. The van der Waals surface area contributed by atoms with Crippen LogP contribution in [0, 0.1) is 6.92 Å². The van der Waals surface area contributed by atoms with Gasteiger partial charge >= 0.3 is 0 Å². The van der Waals surface area contributed by atoms with Gasteiger partial charge in [-0.25, -0.2) is 8.42 Å². The molecule has 2 aromatic heterocycles. The minimum atomic E-state index is -3.01. The molecule has 0 aliphatic carbocycles. The van der Waals surface area contributed by atoms with E-state index < -0.39 is 9.84 Å². The summed E-state index contributed by atoms with van der Waals surface area (Å²) in [6, 6.07) is 0. The van der Waals surface area contributed by atoms with Crippen LogP contribution in [0.2, 0.25) is 5.15 Å². The topological polar surface area (TPSA) is 89.2 Å². The molecule has 0 spiro atoms. The second kappa shape index (κ2) is 4.69. The maximum Gasteiger partial charge on any atom is 0.255 e. The van der Waals surface area contributed by atoms with Crippen LogP contribution in [0.3, 0.4) is 0 Å². The second-order valence-corrected chi connectivity index (χ2v) is 6.52. The zero-order chi connectivity index (χ0) is 13.3. The summed E-state index contributed by atoms with van der Waals surface area (Å²) in [6.45, 7) is 2.05. The fraction of sp³-hybridized carbons (Fsp3) is 0.444. The molecule has 0 aromatic carbocycles. The molecular weight excluding hydrogens is 278 g/mol. The molecule has 0 saturated heterocycles. The molecule has 98 valence electrons. The fourth-order valence-corrected chi connectivity index (χ4v) is 2.10. The van der Waals surface area contributed by atoms with Gasteiger partial charge in [-0.3, -0.25) is 0 Å². The van der Waals surface area contributed by atoms with Gasteiger partial charge in [-0.1, -0.05) is 11.6 Å². The third-order valence-corrected chi connectivity index (χ3v) is 3.68. The van der Waals surface area contributed by atoms with Gasteiger partial charge in [-0.2, -0.15) is 19.6 Å². The van der Waals surface area contributed by atoms with Crippen LogP contribution in [0.15, 0.2) is 6.33 Å². The Morgan fingerprint density at radius 1 is 1.50 bits per heavy atom. The van der Waals surface area contributed by atoms with E-state index in [0.29, 0.717) is 22.3 Å². The lowest BCUT2D eigenvalue weighted by Gasteiger charge is -2.11. The number of hydrogen-bond acceptors (Lipinski definition) is 6. The van der Waals surface area contributed by atoms with E-state index >= 15 is 0 Å². The maximum atomic E-state index is 11.1. The molecule has 0 aliphatic heterocycles. The highest BCUT2D eigenvalue weighted by Crippen LogP contribution is 2.21. The molecule has 0 atom stereocenters. The van der Waals surface area contributed by atoms with Gasteiger partial charge in [0.1, 0.15) is 27.1 Å². The number of aromatic nitrogens is 4. The summed E-state index contributed by atoms with van der Waals surface area (Å²) < 4.78 is 23.6. The number of sulfone groups is 1. The number of nitrogens with one attached hydrogen (secondary N) is 1. The lowest BCUT2D eigenvalue weighted by Crippen LogP contribution is -2.17. The van der Waals surface area contributed by atoms with E-state index in [1.54, 1.807) is 6.92 Å². The molecule has 0 unspecified atom stereocenters. The minimum absolute atomic E-state index is 0.0303. The first-order valence-corrected chi connectivity index (χ1v) is 7.60. The average molecular weight is 290 g/mol. The molecule has 0 radical (unpaired) electrons. The van der Waals surface area contributed by atoms with Crippen LogP contribution in [0.5, 0.6) is 0 Å². The third kappa shape index (κ3) is 2.70. The highest BCUT2D eigenvalue weighted by atomic mass is 35.5. The summed E-state index contributed by atoms with van der Waals surface area (Å²) in [5.41, 5.74) is 0.697. The van der Waals surface area contributed by atoms with Crippen molar-refractivity contribution in [1.29, 1.82) is 0 Å². The Morgan fingerprint density at radius 3 is 2.89 bits per heavy atom. The van der Waals surface area contributed by atoms with Crippen LogP contribution in [0.4, 0.5) is 5.82 Å². The van der Waals surface area contributed by atoms with Crippen LogP contribution in [0.25, 0.3) is 5.78 Å². The lowest BCUT2D eigenvalue weighted by molar-refractivity contribution is 0.602. The van der Waals surface area contributed by atoms with E-state index in [1.165, 1.54) is 17.1 Å². The summed E-state index contributed by atoms with van der Waals surface area (Å²) >= 11 is 5.97. The summed E-state index contributed by atoms with van der Waals surface area (Å²) in [5, 5.41) is 7.32. The predicted molar refractivity (Wildman–Crippen MR) is 68.7 cm³/mol. The van der Waals surface area contributed by atoms with Crippen LogP contribution in [-0.4, -0.2) is 46.6 Å². The van der Waals surface area contributed by atoms with Gasteiger partial charge in [0.2, 0.25) is 0 Å².